The molecule has 1 aromatic carbocycles. The van der Waals surface area contributed by atoms with Gasteiger partial charge in [0.05, 0.1) is 23.9 Å². The van der Waals surface area contributed by atoms with Gasteiger partial charge in [0.15, 0.2) is 9.84 Å². The first-order chi connectivity index (χ1) is 14.4. The number of nitrogens with one attached hydrogen (secondary N) is 1. The molecule has 4 rings (SSSR count). The fraction of sp³-hybridized carbons (Fsp3) is 0.409. The highest BCUT2D eigenvalue weighted by Crippen LogP contribution is 2.37. The molecule has 0 spiro atoms. The second kappa shape index (κ2) is 8.28. The highest BCUT2D eigenvalue weighted by molar-refractivity contribution is 7.91. The highest BCUT2D eigenvalue weighted by atomic mass is 32.2. The molecule has 8 heteroatoms. The largest absolute Gasteiger partial charge is 0.378 e. The predicted octanol–water partition coefficient (Wildman–Crippen LogP) is 2.94. The molecule has 0 radical (unpaired) electrons. The van der Waals surface area contributed by atoms with Crippen LogP contribution in [0, 0.1) is 0 Å². The number of hydrogen-bond donors (Lipinski definition) is 1. The lowest BCUT2D eigenvalue weighted by molar-refractivity contribution is 0.123. The number of benzene rings is 1. The minimum Gasteiger partial charge on any atom is -0.378 e. The van der Waals surface area contributed by atoms with Crippen LogP contribution < -0.4 is 10.5 Å². The summed E-state index contributed by atoms with van der Waals surface area (Å²) in [6.07, 6.45) is 4.99. The monoisotopic (exact) mass is 429 g/mol. The standard InChI is InChI=1S/C22H27N3O4S/c1-3-4-13-30(27,28)16-5-6-20(25-9-11-29-12-10-25)18(14-16)19-15-24(2)22(26)21-17(19)7-8-23-21/h5-8,14-15,23H,3-4,9-13H2,1-2H3. The van der Waals surface area contributed by atoms with E-state index in [9.17, 15) is 13.2 Å². The lowest BCUT2D eigenvalue weighted by Gasteiger charge is -2.31. The molecule has 1 N–H and O–H groups in total. The first kappa shape index (κ1) is 20.7. The zero-order valence-corrected chi connectivity index (χ0v) is 18.2. The molecule has 0 amide bonds. The third kappa shape index (κ3) is 3.77. The molecular formula is C22H27N3O4S. The van der Waals surface area contributed by atoms with E-state index in [4.69, 9.17) is 4.74 Å². The van der Waals surface area contributed by atoms with Crippen LogP contribution in [0.3, 0.4) is 0 Å². The SMILES string of the molecule is CCCCS(=O)(=O)c1ccc(N2CCOCC2)c(-c2cn(C)c(=O)c3[nH]ccc23)c1. The van der Waals surface area contributed by atoms with Crippen molar-refractivity contribution in [2.75, 3.05) is 37.0 Å². The zero-order chi connectivity index (χ0) is 21.3. The van der Waals surface area contributed by atoms with Crippen LogP contribution in [-0.2, 0) is 21.6 Å². The average Bonchev–Trinajstić information content (AvgIpc) is 3.25. The summed E-state index contributed by atoms with van der Waals surface area (Å²) in [7, 11) is -1.67. The summed E-state index contributed by atoms with van der Waals surface area (Å²) in [6.45, 7) is 4.70. The van der Waals surface area contributed by atoms with Gasteiger partial charge in [0, 0.05) is 54.7 Å². The van der Waals surface area contributed by atoms with Crippen molar-refractivity contribution in [3.63, 3.8) is 0 Å². The van der Waals surface area contributed by atoms with E-state index < -0.39 is 9.84 Å². The Balaban J connectivity index is 1.94. The molecular weight excluding hydrogens is 402 g/mol. The minimum absolute atomic E-state index is 0.113. The second-order valence-electron chi connectivity index (χ2n) is 7.68. The van der Waals surface area contributed by atoms with Crippen LogP contribution in [0.2, 0.25) is 0 Å². The van der Waals surface area contributed by atoms with Crippen LogP contribution in [0.4, 0.5) is 5.69 Å². The Labute approximate surface area is 176 Å². The number of aromatic nitrogens is 2. The number of ether oxygens (including phenoxy) is 1. The topological polar surface area (TPSA) is 84.4 Å². The number of aryl methyl sites for hydroxylation is 1. The molecule has 0 atom stereocenters. The Bertz CT molecular complexity index is 1220. The van der Waals surface area contributed by atoms with E-state index in [2.05, 4.69) is 9.88 Å². The summed E-state index contributed by atoms with van der Waals surface area (Å²) >= 11 is 0. The van der Waals surface area contributed by atoms with Crippen molar-refractivity contribution in [2.24, 2.45) is 7.05 Å². The van der Waals surface area contributed by atoms with Gasteiger partial charge in [-0.2, -0.15) is 0 Å². The lowest BCUT2D eigenvalue weighted by Crippen LogP contribution is -2.36. The van der Waals surface area contributed by atoms with Crippen LogP contribution in [0.5, 0.6) is 0 Å². The summed E-state index contributed by atoms with van der Waals surface area (Å²) in [4.78, 5) is 18.1. The van der Waals surface area contributed by atoms with Crippen molar-refractivity contribution >= 4 is 26.4 Å². The van der Waals surface area contributed by atoms with Crippen LogP contribution >= 0.6 is 0 Å². The van der Waals surface area contributed by atoms with Crippen molar-refractivity contribution in [2.45, 2.75) is 24.7 Å². The molecule has 1 aliphatic heterocycles. The third-order valence-corrected chi connectivity index (χ3v) is 7.43. The number of unbranched alkanes of at least 4 members (excludes halogenated alkanes) is 1. The van der Waals surface area contributed by atoms with Gasteiger partial charge in [-0.15, -0.1) is 0 Å². The fourth-order valence-electron chi connectivity index (χ4n) is 3.94. The van der Waals surface area contributed by atoms with Crippen molar-refractivity contribution in [1.29, 1.82) is 0 Å². The Morgan fingerprint density at radius 3 is 2.63 bits per heavy atom. The smallest absolute Gasteiger partial charge is 0.274 e. The van der Waals surface area contributed by atoms with Gasteiger partial charge in [-0.1, -0.05) is 13.3 Å². The number of aromatic amines is 1. The van der Waals surface area contributed by atoms with E-state index >= 15 is 0 Å². The Morgan fingerprint density at radius 2 is 1.90 bits per heavy atom. The number of H-pyrrole nitrogens is 1. The molecule has 1 aliphatic rings. The molecule has 3 aromatic rings. The van der Waals surface area contributed by atoms with E-state index in [1.54, 1.807) is 31.6 Å². The van der Waals surface area contributed by atoms with Crippen molar-refractivity contribution < 1.29 is 13.2 Å². The number of rotatable bonds is 6. The summed E-state index contributed by atoms with van der Waals surface area (Å²) in [6, 6.07) is 7.23. The predicted molar refractivity (Wildman–Crippen MR) is 119 cm³/mol. The second-order valence-corrected chi connectivity index (χ2v) is 9.79. The van der Waals surface area contributed by atoms with Crippen molar-refractivity contribution in [3.05, 3.63) is 47.0 Å². The van der Waals surface area contributed by atoms with E-state index in [1.165, 1.54) is 4.57 Å². The van der Waals surface area contributed by atoms with Gasteiger partial charge in [0.2, 0.25) is 0 Å². The Hall–Kier alpha value is -2.58. The molecule has 30 heavy (non-hydrogen) atoms. The van der Waals surface area contributed by atoms with Gasteiger partial charge in [0.25, 0.3) is 5.56 Å². The summed E-state index contributed by atoms with van der Waals surface area (Å²) < 4.78 is 32.8. The molecule has 0 unspecified atom stereocenters. The van der Waals surface area contributed by atoms with E-state index in [0.717, 1.165) is 41.7 Å². The van der Waals surface area contributed by atoms with Crippen LogP contribution in [0.1, 0.15) is 19.8 Å². The van der Waals surface area contributed by atoms with Gasteiger partial charge < -0.3 is 19.2 Å². The zero-order valence-electron chi connectivity index (χ0n) is 17.3. The lowest BCUT2D eigenvalue weighted by atomic mass is 10.0. The first-order valence-electron chi connectivity index (χ1n) is 10.3. The van der Waals surface area contributed by atoms with Gasteiger partial charge in [-0.3, -0.25) is 4.79 Å². The van der Waals surface area contributed by atoms with Crippen molar-refractivity contribution in [3.8, 4) is 11.1 Å². The summed E-state index contributed by atoms with van der Waals surface area (Å²) in [5.41, 5.74) is 3.01. The third-order valence-electron chi connectivity index (χ3n) is 5.63. The number of nitrogens with zero attached hydrogens (tertiary/aromatic N) is 2. The first-order valence-corrected chi connectivity index (χ1v) is 11.9. The molecule has 1 fully saturated rings. The van der Waals surface area contributed by atoms with Crippen LogP contribution in [0.15, 0.2) is 46.3 Å². The van der Waals surface area contributed by atoms with E-state index in [1.807, 2.05) is 19.1 Å². The summed E-state index contributed by atoms with van der Waals surface area (Å²) in [5.74, 6) is 0.132. The number of anilines is 1. The number of morpholine rings is 1. The number of pyridine rings is 1. The number of sulfone groups is 1. The van der Waals surface area contributed by atoms with Gasteiger partial charge in [0.1, 0.15) is 5.52 Å². The molecule has 3 heterocycles. The molecule has 0 aliphatic carbocycles. The number of hydrogen-bond acceptors (Lipinski definition) is 5. The fourth-order valence-corrected chi connectivity index (χ4v) is 5.42. The van der Waals surface area contributed by atoms with Gasteiger partial charge in [-0.05, 0) is 30.7 Å². The van der Waals surface area contributed by atoms with Crippen LogP contribution in [-0.4, -0.2) is 50.0 Å². The summed E-state index contributed by atoms with van der Waals surface area (Å²) in [5, 5.41) is 0.788. The Kier molecular flexibility index (Phi) is 5.71. The van der Waals surface area contributed by atoms with Crippen LogP contribution in [0.25, 0.3) is 22.0 Å². The molecule has 1 saturated heterocycles. The average molecular weight is 430 g/mol. The molecule has 0 saturated carbocycles. The molecule has 7 nitrogen and oxygen atoms in total. The maximum Gasteiger partial charge on any atom is 0.274 e. The maximum atomic E-state index is 12.9. The molecule has 0 bridgehead atoms. The van der Waals surface area contributed by atoms with E-state index in [-0.39, 0.29) is 11.3 Å². The van der Waals surface area contributed by atoms with Crippen molar-refractivity contribution in [1.82, 2.24) is 9.55 Å². The minimum atomic E-state index is -3.38. The maximum absolute atomic E-state index is 12.9. The Morgan fingerprint density at radius 1 is 1.13 bits per heavy atom. The van der Waals surface area contributed by atoms with Gasteiger partial charge in [-0.25, -0.2) is 8.42 Å². The molecule has 160 valence electrons. The van der Waals surface area contributed by atoms with Gasteiger partial charge >= 0.3 is 0 Å². The van der Waals surface area contributed by atoms with E-state index in [0.29, 0.717) is 30.0 Å². The normalized spacial score (nSPS) is 15.1. The highest BCUT2D eigenvalue weighted by Gasteiger charge is 2.22. The number of fused-ring (bicyclic) bond motifs is 1. The molecule has 2 aromatic heterocycles. The quantitative estimate of drug-likeness (QED) is 0.651.